The number of carbonyl (C=O) groups excluding carboxylic acids is 2. The van der Waals surface area contributed by atoms with E-state index in [0.29, 0.717) is 23.7 Å². The van der Waals surface area contributed by atoms with E-state index in [-0.39, 0.29) is 37.9 Å². The standard InChI is InChI=1S/C22H24ClN3O4S/c23-20-8-6-19(7-9-20)22(28)24-12-10-21(27)25-13-15-26(16-14-25)31(29,30)17-11-18-4-2-1-3-5-18/h1-9,11,17H,10,12-16H2,(H,24,28)/b17-11-. The van der Waals surface area contributed by atoms with E-state index >= 15 is 0 Å². The van der Waals surface area contributed by atoms with Gasteiger partial charge < -0.3 is 10.2 Å². The molecular weight excluding hydrogens is 438 g/mol. The number of amides is 2. The highest BCUT2D eigenvalue weighted by atomic mass is 35.5. The number of benzene rings is 2. The first-order valence-corrected chi connectivity index (χ1v) is 11.8. The lowest BCUT2D eigenvalue weighted by atomic mass is 10.2. The van der Waals surface area contributed by atoms with Gasteiger partial charge in [-0.3, -0.25) is 9.59 Å². The third kappa shape index (κ3) is 6.65. The molecule has 7 nitrogen and oxygen atoms in total. The van der Waals surface area contributed by atoms with Crippen molar-refractivity contribution in [2.75, 3.05) is 32.7 Å². The summed E-state index contributed by atoms with van der Waals surface area (Å²) in [6, 6.07) is 15.7. The van der Waals surface area contributed by atoms with Gasteiger partial charge in [0, 0.05) is 55.1 Å². The van der Waals surface area contributed by atoms with Crippen LogP contribution in [0.15, 0.2) is 60.0 Å². The first-order valence-electron chi connectivity index (χ1n) is 9.90. The molecule has 0 atom stereocenters. The summed E-state index contributed by atoms with van der Waals surface area (Å²) in [7, 11) is -3.54. The number of hydrogen-bond donors (Lipinski definition) is 1. The van der Waals surface area contributed by atoms with Gasteiger partial charge >= 0.3 is 0 Å². The number of halogens is 1. The minimum atomic E-state index is -3.54. The Bertz CT molecular complexity index is 1030. The minimum absolute atomic E-state index is 0.117. The molecule has 0 aromatic heterocycles. The molecule has 0 radical (unpaired) electrons. The van der Waals surface area contributed by atoms with Crippen molar-refractivity contribution in [3.8, 4) is 0 Å². The van der Waals surface area contributed by atoms with Gasteiger partial charge in [-0.05, 0) is 35.9 Å². The fourth-order valence-electron chi connectivity index (χ4n) is 3.15. The average molecular weight is 462 g/mol. The lowest BCUT2D eigenvalue weighted by molar-refractivity contribution is -0.132. The van der Waals surface area contributed by atoms with E-state index in [1.54, 1.807) is 35.2 Å². The van der Waals surface area contributed by atoms with Crippen LogP contribution >= 0.6 is 11.6 Å². The lowest BCUT2D eigenvalue weighted by Crippen LogP contribution is -2.50. The molecule has 3 rings (SSSR count). The molecule has 1 aliphatic heterocycles. The van der Waals surface area contributed by atoms with Crippen LogP contribution in [0.5, 0.6) is 0 Å². The summed E-state index contributed by atoms with van der Waals surface area (Å²) in [6.07, 6.45) is 1.72. The molecule has 1 saturated heterocycles. The largest absolute Gasteiger partial charge is 0.352 e. The normalized spacial score (nSPS) is 15.2. The van der Waals surface area contributed by atoms with E-state index in [1.807, 2.05) is 30.3 Å². The first-order chi connectivity index (χ1) is 14.8. The zero-order valence-corrected chi connectivity index (χ0v) is 18.5. The number of sulfonamides is 1. The van der Waals surface area contributed by atoms with Crippen molar-refractivity contribution in [3.05, 3.63) is 76.2 Å². The summed E-state index contributed by atoms with van der Waals surface area (Å²) in [6.45, 7) is 1.33. The molecule has 0 bridgehead atoms. The highest BCUT2D eigenvalue weighted by Crippen LogP contribution is 2.13. The Labute approximate surface area is 187 Å². The fraction of sp³-hybridized carbons (Fsp3) is 0.273. The van der Waals surface area contributed by atoms with E-state index in [1.165, 1.54) is 9.71 Å². The van der Waals surface area contributed by atoms with Gasteiger partial charge in [-0.1, -0.05) is 41.9 Å². The maximum atomic E-state index is 12.5. The van der Waals surface area contributed by atoms with E-state index in [2.05, 4.69) is 5.32 Å². The zero-order valence-electron chi connectivity index (χ0n) is 16.9. The summed E-state index contributed by atoms with van der Waals surface area (Å²) >= 11 is 5.81. The second kappa shape index (κ2) is 10.6. The smallest absolute Gasteiger partial charge is 0.251 e. The van der Waals surface area contributed by atoms with Gasteiger partial charge in [-0.25, -0.2) is 8.42 Å². The molecule has 1 aliphatic rings. The third-order valence-electron chi connectivity index (χ3n) is 4.91. The van der Waals surface area contributed by atoms with Crippen molar-refractivity contribution in [1.29, 1.82) is 0 Å². The Morgan fingerprint density at radius 3 is 2.26 bits per heavy atom. The summed E-state index contributed by atoms with van der Waals surface area (Å²) in [5.74, 6) is -0.390. The lowest BCUT2D eigenvalue weighted by Gasteiger charge is -2.33. The quantitative estimate of drug-likeness (QED) is 0.686. The number of rotatable bonds is 7. The van der Waals surface area contributed by atoms with Crippen LogP contribution in [0.1, 0.15) is 22.3 Å². The van der Waals surface area contributed by atoms with Crippen LogP contribution in [0.2, 0.25) is 5.02 Å². The predicted molar refractivity (Wildman–Crippen MR) is 121 cm³/mol. The van der Waals surface area contributed by atoms with Crippen LogP contribution in [-0.2, 0) is 14.8 Å². The first kappa shape index (κ1) is 23.0. The van der Waals surface area contributed by atoms with Crippen molar-refractivity contribution >= 4 is 39.5 Å². The molecule has 2 aromatic rings. The number of hydrogen-bond acceptors (Lipinski definition) is 4. The van der Waals surface area contributed by atoms with Crippen molar-refractivity contribution in [2.45, 2.75) is 6.42 Å². The molecule has 0 saturated carbocycles. The summed E-state index contributed by atoms with van der Waals surface area (Å²) < 4.78 is 26.4. The summed E-state index contributed by atoms with van der Waals surface area (Å²) in [5, 5.41) is 4.45. The molecular formula is C22H24ClN3O4S. The molecule has 0 unspecified atom stereocenters. The minimum Gasteiger partial charge on any atom is -0.352 e. The highest BCUT2D eigenvalue weighted by Gasteiger charge is 2.27. The van der Waals surface area contributed by atoms with Gasteiger partial charge in [0.25, 0.3) is 5.91 Å². The molecule has 2 amide bonds. The second-order valence-electron chi connectivity index (χ2n) is 7.05. The van der Waals surface area contributed by atoms with Crippen LogP contribution in [0.3, 0.4) is 0 Å². The number of carbonyl (C=O) groups is 2. The highest BCUT2D eigenvalue weighted by molar-refractivity contribution is 7.92. The fourth-order valence-corrected chi connectivity index (χ4v) is 4.45. The number of nitrogens with one attached hydrogen (secondary N) is 1. The third-order valence-corrected chi connectivity index (χ3v) is 6.73. The van der Waals surface area contributed by atoms with E-state index in [0.717, 1.165) is 5.56 Å². The van der Waals surface area contributed by atoms with Crippen LogP contribution in [0, 0.1) is 0 Å². The van der Waals surface area contributed by atoms with Gasteiger partial charge in [-0.2, -0.15) is 4.31 Å². The molecule has 0 spiro atoms. The van der Waals surface area contributed by atoms with Gasteiger partial charge in [0.15, 0.2) is 0 Å². The molecule has 164 valence electrons. The van der Waals surface area contributed by atoms with Crippen molar-refractivity contribution in [3.63, 3.8) is 0 Å². The monoisotopic (exact) mass is 461 g/mol. The molecule has 1 fully saturated rings. The van der Waals surface area contributed by atoms with E-state index < -0.39 is 10.0 Å². The van der Waals surface area contributed by atoms with Crippen LogP contribution < -0.4 is 5.32 Å². The van der Waals surface area contributed by atoms with Crippen molar-refractivity contribution < 1.29 is 18.0 Å². The predicted octanol–water partition coefficient (Wildman–Crippen LogP) is 2.60. The van der Waals surface area contributed by atoms with E-state index in [4.69, 9.17) is 11.6 Å². The van der Waals surface area contributed by atoms with Crippen LogP contribution in [0.4, 0.5) is 0 Å². The van der Waals surface area contributed by atoms with Crippen LogP contribution in [-0.4, -0.2) is 62.2 Å². The van der Waals surface area contributed by atoms with Crippen molar-refractivity contribution in [1.82, 2.24) is 14.5 Å². The van der Waals surface area contributed by atoms with E-state index in [9.17, 15) is 18.0 Å². The Morgan fingerprint density at radius 2 is 1.61 bits per heavy atom. The molecule has 1 heterocycles. The Hall–Kier alpha value is -2.68. The van der Waals surface area contributed by atoms with Gasteiger partial charge in [-0.15, -0.1) is 0 Å². The topological polar surface area (TPSA) is 86.8 Å². The SMILES string of the molecule is O=C(NCCC(=O)N1CCN(S(=O)(=O)/C=C\c2ccccc2)CC1)c1ccc(Cl)cc1. The molecule has 0 aliphatic carbocycles. The van der Waals surface area contributed by atoms with Crippen molar-refractivity contribution in [2.24, 2.45) is 0 Å². The van der Waals surface area contributed by atoms with Gasteiger partial charge in [0.1, 0.15) is 0 Å². The molecule has 2 aromatic carbocycles. The van der Waals surface area contributed by atoms with Gasteiger partial charge in [0.05, 0.1) is 0 Å². The summed E-state index contributed by atoms with van der Waals surface area (Å²) in [4.78, 5) is 26.1. The number of piperazine rings is 1. The molecule has 31 heavy (non-hydrogen) atoms. The maximum Gasteiger partial charge on any atom is 0.251 e. The Balaban J connectivity index is 1.43. The Kier molecular flexibility index (Phi) is 7.84. The summed E-state index contributed by atoms with van der Waals surface area (Å²) in [5.41, 5.74) is 1.28. The second-order valence-corrected chi connectivity index (χ2v) is 9.31. The molecule has 1 N–H and O–H groups in total. The average Bonchev–Trinajstić information content (AvgIpc) is 2.79. The Morgan fingerprint density at radius 1 is 0.968 bits per heavy atom. The van der Waals surface area contributed by atoms with Gasteiger partial charge in [0.2, 0.25) is 15.9 Å². The molecule has 9 heteroatoms. The zero-order chi connectivity index (χ0) is 22.3. The van der Waals surface area contributed by atoms with Crippen LogP contribution in [0.25, 0.3) is 6.08 Å². The number of nitrogens with zero attached hydrogens (tertiary/aromatic N) is 2. The maximum absolute atomic E-state index is 12.5.